The molecule has 0 aliphatic carbocycles. The molecule has 0 aliphatic rings. The number of rotatable bonds is 6. The first-order valence-corrected chi connectivity index (χ1v) is 7.87. The molecule has 0 aliphatic heterocycles. The van der Waals surface area contributed by atoms with Crippen LogP contribution in [0.3, 0.4) is 0 Å². The van der Waals surface area contributed by atoms with Gasteiger partial charge in [0.1, 0.15) is 16.4 Å². The van der Waals surface area contributed by atoms with E-state index in [9.17, 15) is 9.59 Å². The number of halogens is 1. The fraction of sp³-hybridized carbons (Fsp3) is 0.267. The minimum absolute atomic E-state index is 0.257. The van der Waals surface area contributed by atoms with Crippen molar-refractivity contribution in [1.29, 1.82) is 0 Å². The van der Waals surface area contributed by atoms with Gasteiger partial charge in [0.2, 0.25) is 11.8 Å². The Morgan fingerprint density at radius 3 is 2.79 bits per heavy atom. The number of amides is 3. The van der Waals surface area contributed by atoms with Crippen LogP contribution in [0.15, 0.2) is 39.5 Å². The molecule has 2 aromatic rings. The van der Waals surface area contributed by atoms with E-state index in [4.69, 9.17) is 9.15 Å². The van der Waals surface area contributed by atoms with Crippen LogP contribution in [0.25, 0.3) is 0 Å². The summed E-state index contributed by atoms with van der Waals surface area (Å²) in [5.41, 5.74) is 0.455. The Balaban J connectivity index is 1.83. The van der Waals surface area contributed by atoms with Gasteiger partial charge in [0.05, 0.1) is 25.6 Å². The molecule has 0 spiro atoms. The standard InChI is InChI=1S/C15H17BrN4O4/c1-9(14(21)17-8-10-4-3-7-24-10)18-15(22)19-11-5-6-12(23-2)20-13(11)16/h3-7,9H,8H2,1-2H3,(H,17,21)(H2,18,19,22)/t9-/m1/s1. The van der Waals surface area contributed by atoms with Gasteiger partial charge >= 0.3 is 6.03 Å². The highest BCUT2D eigenvalue weighted by Crippen LogP contribution is 2.22. The van der Waals surface area contributed by atoms with E-state index in [-0.39, 0.29) is 12.5 Å². The highest BCUT2D eigenvalue weighted by atomic mass is 79.9. The van der Waals surface area contributed by atoms with Gasteiger partial charge in [-0.25, -0.2) is 9.78 Å². The molecule has 0 saturated heterocycles. The number of hydrogen-bond acceptors (Lipinski definition) is 5. The minimum Gasteiger partial charge on any atom is -0.481 e. The average molecular weight is 397 g/mol. The Bertz CT molecular complexity index is 706. The van der Waals surface area contributed by atoms with Gasteiger partial charge in [-0.3, -0.25) is 4.79 Å². The molecule has 8 nitrogen and oxygen atoms in total. The second-order valence-corrected chi connectivity index (χ2v) is 5.56. The summed E-state index contributed by atoms with van der Waals surface area (Å²) in [6.45, 7) is 1.84. The van der Waals surface area contributed by atoms with Crippen molar-refractivity contribution in [1.82, 2.24) is 15.6 Å². The van der Waals surface area contributed by atoms with Crippen LogP contribution in [-0.4, -0.2) is 30.1 Å². The van der Waals surface area contributed by atoms with E-state index >= 15 is 0 Å². The number of urea groups is 1. The molecule has 128 valence electrons. The van der Waals surface area contributed by atoms with Crippen LogP contribution in [0, 0.1) is 0 Å². The van der Waals surface area contributed by atoms with Gasteiger partial charge in [-0.05, 0) is 41.1 Å². The molecule has 1 atom stereocenters. The van der Waals surface area contributed by atoms with Crippen LogP contribution in [0.4, 0.5) is 10.5 Å². The summed E-state index contributed by atoms with van der Waals surface area (Å²) in [4.78, 5) is 28.0. The van der Waals surface area contributed by atoms with Crippen molar-refractivity contribution >= 4 is 33.6 Å². The Morgan fingerprint density at radius 2 is 2.17 bits per heavy atom. The van der Waals surface area contributed by atoms with Crippen molar-refractivity contribution < 1.29 is 18.7 Å². The maximum atomic E-state index is 12.0. The second kappa shape index (κ2) is 8.34. The second-order valence-electron chi connectivity index (χ2n) is 4.81. The van der Waals surface area contributed by atoms with Crippen molar-refractivity contribution in [3.05, 3.63) is 40.9 Å². The molecule has 2 aromatic heterocycles. The zero-order valence-electron chi connectivity index (χ0n) is 13.1. The van der Waals surface area contributed by atoms with E-state index in [1.54, 1.807) is 31.2 Å². The summed E-state index contributed by atoms with van der Waals surface area (Å²) in [7, 11) is 1.50. The molecule has 9 heteroatoms. The lowest BCUT2D eigenvalue weighted by molar-refractivity contribution is -0.122. The minimum atomic E-state index is -0.718. The number of nitrogens with one attached hydrogen (secondary N) is 3. The zero-order valence-corrected chi connectivity index (χ0v) is 14.7. The summed E-state index contributed by atoms with van der Waals surface area (Å²) in [5.74, 6) is 0.722. The topological polar surface area (TPSA) is 105 Å². The lowest BCUT2D eigenvalue weighted by Gasteiger charge is -2.15. The number of hydrogen-bond donors (Lipinski definition) is 3. The predicted octanol–water partition coefficient (Wildman–Crippen LogP) is 2.27. The van der Waals surface area contributed by atoms with E-state index in [1.807, 2.05) is 0 Å². The normalized spacial score (nSPS) is 11.5. The van der Waals surface area contributed by atoms with Crippen LogP contribution in [0.5, 0.6) is 5.88 Å². The number of methoxy groups -OCH3 is 1. The molecule has 0 fully saturated rings. The molecule has 0 aromatic carbocycles. The Hall–Kier alpha value is -2.55. The third-order valence-electron chi connectivity index (χ3n) is 3.04. The fourth-order valence-corrected chi connectivity index (χ4v) is 2.19. The van der Waals surface area contributed by atoms with E-state index < -0.39 is 12.1 Å². The number of carbonyl (C=O) groups is 2. The monoisotopic (exact) mass is 396 g/mol. The number of carbonyl (C=O) groups excluding carboxylic acids is 2. The molecule has 24 heavy (non-hydrogen) atoms. The zero-order chi connectivity index (χ0) is 17.5. The van der Waals surface area contributed by atoms with Gasteiger partial charge in [0.15, 0.2) is 0 Å². The molecule has 3 amide bonds. The number of furan rings is 1. The van der Waals surface area contributed by atoms with Gasteiger partial charge in [0, 0.05) is 6.07 Å². The van der Waals surface area contributed by atoms with Gasteiger partial charge < -0.3 is 25.1 Å². The maximum absolute atomic E-state index is 12.0. The average Bonchev–Trinajstić information content (AvgIpc) is 3.07. The van der Waals surface area contributed by atoms with Crippen LogP contribution in [0.1, 0.15) is 12.7 Å². The molecule has 3 N–H and O–H groups in total. The Kier molecular flexibility index (Phi) is 6.19. The van der Waals surface area contributed by atoms with Gasteiger partial charge in [-0.1, -0.05) is 0 Å². The molecule has 2 rings (SSSR count). The highest BCUT2D eigenvalue weighted by molar-refractivity contribution is 9.10. The van der Waals surface area contributed by atoms with Crippen molar-refractivity contribution in [3.63, 3.8) is 0 Å². The van der Waals surface area contributed by atoms with Crippen LogP contribution in [-0.2, 0) is 11.3 Å². The molecule has 0 unspecified atom stereocenters. The molecule has 0 radical (unpaired) electrons. The summed E-state index contributed by atoms with van der Waals surface area (Å²) in [6, 6.07) is 5.49. The summed E-state index contributed by atoms with van der Waals surface area (Å²) in [5, 5.41) is 7.81. The molecule has 0 bridgehead atoms. The maximum Gasteiger partial charge on any atom is 0.319 e. The SMILES string of the molecule is COc1ccc(NC(=O)N[C@H](C)C(=O)NCc2ccco2)c(Br)n1. The smallest absolute Gasteiger partial charge is 0.319 e. The number of nitrogens with zero attached hydrogens (tertiary/aromatic N) is 1. The third-order valence-corrected chi connectivity index (χ3v) is 3.64. The van der Waals surface area contributed by atoms with Crippen LogP contribution in [0.2, 0.25) is 0 Å². The summed E-state index contributed by atoms with van der Waals surface area (Å²) >= 11 is 3.24. The first-order chi connectivity index (χ1) is 11.5. The number of anilines is 1. The molecule has 2 heterocycles. The molecular formula is C15H17BrN4O4. The van der Waals surface area contributed by atoms with Crippen molar-refractivity contribution in [3.8, 4) is 5.88 Å². The molecular weight excluding hydrogens is 380 g/mol. The van der Waals surface area contributed by atoms with E-state index in [2.05, 4.69) is 36.9 Å². The predicted molar refractivity (Wildman–Crippen MR) is 90.7 cm³/mol. The van der Waals surface area contributed by atoms with E-state index in [1.165, 1.54) is 13.4 Å². The number of ether oxygens (including phenoxy) is 1. The van der Waals surface area contributed by atoms with E-state index in [0.717, 1.165) is 0 Å². The quantitative estimate of drug-likeness (QED) is 0.649. The third kappa shape index (κ3) is 4.98. The van der Waals surface area contributed by atoms with Gasteiger partial charge in [0.25, 0.3) is 0 Å². The fourth-order valence-electron chi connectivity index (χ4n) is 1.79. The highest BCUT2D eigenvalue weighted by Gasteiger charge is 2.16. The van der Waals surface area contributed by atoms with Crippen molar-refractivity contribution in [2.75, 3.05) is 12.4 Å². The first kappa shape index (κ1) is 17.8. The van der Waals surface area contributed by atoms with Crippen molar-refractivity contribution in [2.45, 2.75) is 19.5 Å². The molecule has 0 saturated carbocycles. The van der Waals surface area contributed by atoms with Crippen LogP contribution >= 0.6 is 15.9 Å². The first-order valence-electron chi connectivity index (χ1n) is 7.07. The van der Waals surface area contributed by atoms with Crippen molar-refractivity contribution in [2.24, 2.45) is 0 Å². The van der Waals surface area contributed by atoms with E-state index in [0.29, 0.717) is 21.9 Å². The lowest BCUT2D eigenvalue weighted by atomic mass is 10.3. The van der Waals surface area contributed by atoms with Gasteiger partial charge in [-0.2, -0.15) is 0 Å². The number of aromatic nitrogens is 1. The summed E-state index contributed by atoms with van der Waals surface area (Å²) < 4.78 is 10.5. The number of pyridine rings is 1. The van der Waals surface area contributed by atoms with Crippen LogP contribution < -0.4 is 20.7 Å². The van der Waals surface area contributed by atoms with Gasteiger partial charge in [-0.15, -0.1) is 0 Å². The Labute approximate surface area is 147 Å². The Morgan fingerprint density at radius 1 is 1.38 bits per heavy atom. The lowest BCUT2D eigenvalue weighted by Crippen LogP contribution is -2.46. The largest absolute Gasteiger partial charge is 0.481 e. The summed E-state index contributed by atoms with van der Waals surface area (Å²) in [6.07, 6.45) is 1.53.